The van der Waals surface area contributed by atoms with E-state index in [0.717, 1.165) is 17.2 Å². The fraction of sp³-hybridized carbons (Fsp3) is 0.222. The maximum Gasteiger partial charge on any atom is 0.335 e. The minimum atomic E-state index is -0.869. The largest absolute Gasteiger partial charge is 0.478 e. The zero-order chi connectivity index (χ0) is 9.14. The summed E-state index contributed by atoms with van der Waals surface area (Å²) >= 11 is 0. The van der Waals surface area contributed by atoms with Crippen molar-refractivity contribution in [2.75, 3.05) is 0 Å². The van der Waals surface area contributed by atoms with Crippen LogP contribution in [0, 0.1) is 0 Å². The Labute approximate surface area is 74.7 Å². The predicted octanol–water partition coefficient (Wildman–Crippen LogP) is 0.741. The molecule has 2 nitrogen and oxygen atoms in total. The second-order valence-electron chi connectivity index (χ2n) is 2.49. The molecule has 1 rings (SSSR count). The number of aromatic carboxylic acids is 1. The first-order valence-electron chi connectivity index (χ1n) is 3.73. The normalized spacial score (nSPS) is 9.83. The summed E-state index contributed by atoms with van der Waals surface area (Å²) in [5.74, 6) is -0.869. The van der Waals surface area contributed by atoms with E-state index in [1.165, 1.54) is 0 Å². The smallest absolute Gasteiger partial charge is 0.335 e. The molecule has 0 aromatic heterocycles. The fourth-order valence-electron chi connectivity index (χ4n) is 1.17. The summed E-state index contributed by atoms with van der Waals surface area (Å²) in [7, 11) is 3.36. The zero-order valence-electron chi connectivity index (χ0n) is 6.79. The van der Waals surface area contributed by atoms with Gasteiger partial charge in [-0.2, -0.15) is 0 Å². The minimum Gasteiger partial charge on any atom is -0.478 e. The van der Waals surface area contributed by atoms with Crippen LogP contribution in [0.25, 0.3) is 0 Å². The molecule has 0 aliphatic rings. The molecular formula is C9H9O2Si. The third kappa shape index (κ3) is 1.56. The van der Waals surface area contributed by atoms with Gasteiger partial charge >= 0.3 is 5.97 Å². The Bertz CT molecular complexity index is 307. The molecule has 0 heterocycles. The molecule has 0 unspecified atom stereocenters. The molecule has 0 amide bonds. The van der Waals surface area contributed by atoms with Gasteiger partial charge in [-0.1, -0.05) is 24.2 Å². The minimum absolute atomic E-state index is 0.380. The van der Waals surface area contributed by atoms with Crippen molar-refractivity contribution in [2.24, 2.45) is 0 Å². The molecule has 0 saturated heterocycles. The van der Waals surface area contributed by atoms with Crippen LogP contribution in [-0.4, -0.2) is 21.3 Å². The van der Waals surface area contributed by atoms with Crippen LogP contribution in [0.5, 0.6) is 0 Å². The van der Waals surface area contributed by atoms with E-state index in [1.807, 2.05) is 13.0 Å². The number of rotatable bonds is 2. The van der Waals surface area contributed by atoms with Gasteiger partial charge in [0.2, 0.25) is 0 Å². The molecule has 0 bridgehead atoms. The van der Waals surface area contributed by atoms with Gasteiger partial charge in [-0.05, 0) is 18.1 Å². The first-order valence-corrected chi connectivity index (χ1v) is 4.23. The van der Waals surface area contributed by atoms with Crippen molar-refractivity contribution in [3.05, 3.63) is 29.3 Å². The molecule has 61 valence electrons. The summed E-state index contributed by atoms with van der Waals surface area (Å²) in [5, 5.41) is 9.66. The van der Waals surface area contributed by atoms with Gasteiger partial charge in [-0.3, -0.25) is 0 Å². The molecule has 3 heteroatoms. The summed E-state index contributed by atoms with van der Waals surface area (Å²) in [6.07, 6.45) is 0.724. The van der Waals surface area contributed by atoms with Gasteiger partial charge in [0.05, 0.1) is 15.8 Å². The maximum atomic E-state index is 10.7. The van der Waals surface area contributed by atoms with Gasteiger partial charge in [0.1, 0.15) is 0 Å². The number of hydrogen-bond donors (Lipinski definition) is 1. The van der Waals surface area contributed by atoms with E-state index in [2.05, 4.69) is 10.2 Å². The van der Waals surface area contributed by atoms with E-state index < -0.39 is 5.97 Å². The van der Waals surface area contributed by atoms with Gasteiger partial charge in [-0.15, -0.1) is 0 Å². The number of hydrogen-bond acceptors (Lipinski definition) is 1. The Kier molecular flexibility index (Phi) is 2.65. The molecule has 0 fully saturated rings. The van der Waals surface area contributed by atoms with E-state index in [1.54, 1.807) is 12.1 Å². The molecule has 0 atom stereocenters. The monoisotopic (exact) mass is 177 g/mol. The summed E-state index contributed by atoms with van der Waals surface area (Å²) in [4.78, 5) is 10.7. The van der Waals surface area contributed by atoms with Crippen molar-refractivity contribution in [2.45, 2.75) is 13.3 Å². The Morgan fingerprint density at radius 1 is 1.58 bits per heavy atom. The highest BCUT2D eigenvalue weighted by molar-refractivity contribution is 6.33. The first kappa shape index (κ1) is 9.00. The third-order valence-corrected chi connectivity index (χ3v) is 2.23. The second kappa shape index (κ2) is 3.54. The summed E-state index contributed by atoms with van der Waals surface area (Å²) < 4.78 is 0. The average Bonchev–Trinajstić information content (AvgIpc) is 2.03. The number of carboxylic acid groups (broad SMARTS) is 1. The van der Waals surface area contributed by atoms with Crippen LogP contribution in [-0.2, 0) is 6.42 Å². The third-order valence-electron chi connectivity index (χ3n) is 1.76. The van der Waals surface area contributed by atoms with E-state index >= 15 is 0 Å². The SMILES string of the molecule is CCc1c([Si])cccc1C(=O)O. The number of benzene rings is 1. The Morgan fingerprint density at radius 2 is 2.25 bits per heavy atom. The molecular weight excluding hydrogens is 168 g/mol. The molecule has 0 aliphatic carbocycles. The molecule has 1 aromatic carbocycles. The van der Waals surface area contributed by atoms with Crippen molar-refractivity contribution in [3.8, 4) is 0 Å². The number of carboxylic acids is 1. The Balaban J connectivity index is 3.27. The molecule has 12 heavy (non-hydrogen) atoms. The van der Waals surface area contributed by atoms with Crippen LogP contribution in [0.15, 0.2) is 18.2 Å². The van der Waals surface area contributed by atoms with Crippen molar-refractivity contribution >= 4 is 21.4 Å². The van der Waals surface area contributed by atoms with Crippen LogP contribution in [0.3, 0.4) is 0 Å². The lowest BCUT2D eigenvalue weighted by atomic mass is 10.1. The average molecular weight is 177 g/mol. The molecule has 0 aliphatic heterocycles. The highest BCUT2D eigenvalue weighted by Crippen LogP contribution is 2.06. The predicted molar refractivity (Wildman–Crippen MR) is 48.2 cm³/mol. The standard InChI is InChI=1S/C9H9O2Si/c1-2-6-7(9(10)11)4-3-5-8(6)12/h3-5H,2H2,1H3,(H,10,11). The van der Waals surface area contributed by atoms with Gasteiger partial charge in [-0.25, -0.2) is 4.79 Å². The highest BCUT2D eigenvalue weighted by atomic mass is 28.1. The molecule has 0 saturated carbocycles. The summed E-state index contributed by atoms with van der Waals surface area (Å²) in [5.41, 5.74) is 1.23. The maximum absolute atomic E-state index is 10.7. The quantitative estimate of drug-likeness (QED) is 0.677. The first-order chi connectivity index (χ1) is 5.66. The Morgan fingerprint density at radius 3 is 2.67 bits per heavy atom. The Hall–Kier alpha value is -1.09. The highest BCUT2D eigenvalue weighted by Gasteiger charge is 2.08. The van der Waals surface area contributed by atoms with Crippen LogP contribution >= 0.6 is 0 Å². The van der Waals surface area contributed by atoms with E-state index in [0.29, 0.717) is 5.56 Å². The summed E-state index contributed by atoms with van der Waals surface area (Å²) in [6, 6.07) is 5.19. The second-order valence-corrected chi connectivity index (χ2v) is 3.03. The lowest BCUT2D eigenvalue weighted by molar-refractivity contribution is 0.0696. The molecule has 1 N–H and O–H groups in total. The van der Waals surface area contributed by atoms with Crippen LogP contribution < -0.4 is 5.19 Å². The lowest BCUT2D eigenvalue weighted by Gasteiger charge is -2.05. The topological polar surface area (TPSA) is 37.3 Å². The summed E-state index contributed by atoms with van der Waals surface area (Å²) in [6.45, 7) is 1.94. The van der Waals surface area contributed by atoms with Crippen LogP contribution in [0.2, 0.25) is 0 Å². The van der Waals surface area contributed by atoms with E-state index in [9.17, 15) is 4.79 Å². The van der Waals surface area contributed by atoms with Crippen molar-refractivity contribution in [1.29, 1.82) is 0 Å². The number of carbonyl (C=O) groups is 1. The molecule has 3 radical (unpaired) electrons. The van der Waals surface area contributed by atoms with Crippen molar-refractivity contribution in [1.82, 2.24) is 0 Å². The van der Waals surface area contributed by atoms with Crippen LogP contribution in [0.4, 0.5) is 0 Å². The fourth-order valence-corrected chi connectivity index (χ4v) is 1.58. The van der Waals surface area contributed by atoms with Gasteiger partial charge < -0.3 is 5.11 Å². The van der Waals surface area contributed by atoms with E-state index in [4.69, 9.17) is 5.11 Å². The van der Waals surface area contributed by atoms with Crippen molar-refractivity contribution < 1.29 is 9.90 Å². The molecule has 1 aromatic rings. The van der Waals surface area contributed by atoms with Crippen LogP contribution in [0.1, 0.15) is 22.8 Å². The van der Waals surface area contributed by atoms with E-state index in [-0.39, 0.29) is 0 Å². The zero-order valence-corrected chi connectivity index (χ0v) is 7.79. The lowest BCUT2D eigenvalue weighted by Crippen LogP contribution is -2.15. The van der Waals surface area contributed by atoms with Gasteiger partial charge in [0, 0.05) is 0 Å². The van der Waals surface area contributed by atoms with Crippen molar-refractivity contribution in [3.63, 3.8) is 0 Å². The molecule has 0 spiro atoms. The van der Waals surface area contributed by atoms with Gasteiger partial charge in [0.25, 0.3) is 0 Å². The van der Waals surface area contributed by atoms with Gasteiger partial charge in [0.15, 0.2) is 0 Å².